The topological polar surface area (TPSA) is 86.6 Å². The lowest BCUT2D eigenvalue weighted by Crippen LogP contribution is -2.36. The van der Waals surface area contributed by atoms with E-state index in [4.69, 9.17) is 0 Å². The summed E-state index contributed by atoms with van der Waals surface area (Å²) in [5.41, 5.74) is -0.405. The zero-order valence-corrected chi connectivity index (χ0v) is 11.8. The number of nitrogens with one attached hydrogen (secondary N) is 1. The number of rotatable bonds is 7. The summed E-state index contributed by atoms with van der Waals surface area (Å²) in [5, 5.41) is 21.5. The van der Waals surface area contributed by atoms with Crippen LogP contribution in [0.25, 0.3) is 0 Å². The molecule has 110 valence electrons. The minimum Gasteiger partial charge on any atom is -0.508 e. The van der Waals surface area contributed by atoms with Gasteiger partial charge in [-0.3, -0.25) is 9.59 Å². The van der Waals surface area contributed by atoms with Crippen LogP contribution in [0.3, 0.4) is 0 Å². The van der Waals surface area contributed by atoms with Crippen LogP contribution >= 0.6 is 0 Å². The number of phenolic OH excluding ortho intramolecular Hbond substituents is 1. The van der Waals surface area contributed by atoms with Crippen molar-refractivity contribution in [2.24, 2.45) is 5.41 Å². The SMILES string of the molecule is CCC(CC)(CC(=O)NCc1ccccc1O)C(=O)O. The third-order valence-electron chi connectivity index (χ3n) is 3.77. The van der Waals surface area contributed by atoms with Gasteiger partial charge in [-0.1, -0.05) is 32.0 Å². The molecule has 3 N–H and O–H groups in total. The molecule has 5 heteroatoms. The first-order valence-electron chi connectivity index (χ1n) is 6.72. The van der Waals surface area contributed by atoms with Crippen molar-refractivity contribution in [3.63, 3.8) is 0 Å². The van der Waals surface area contributed by atoms with Gasteiger partial charge < -0.3 is 15.5 Å². The molecule has 0 radical (unpaired) electrons. The second-order valence-electron chi connectivity index (χ2n) is 4.87. The van der Waals surface area contributed by atoms with Gasteiger partial charge in [-0.05, 0) is 18.9 Å². The Labute approximate surface area is 118 Å². The van der Waals surface area contributed by atoms with E-state index in [1.54, 1.807) is 38.1 Å². The van der Waals surface area contributed by atoms with Crippen molar-refractivity contribution in [2.75, 3.05) is 0 Å². The van der Waals surface area contributed by atoms with E-state index in [1.807, 2.05) is 0 Å². The van der Waals surface area contributed by atoms with Crippen LogP contribution in [0, 0.1) is 5.41 Å². The molecule has 0 aliphatic rings. The van der Waals surface area contributed by atoms with Gasteiger partial charge in [0.25, 0.3) is 0 Å². The highest BCUT2D eigenvalue weighted by atomic mass is 16.4. The minimum atomic E-state index is -1.01. The van der Waals surface area contributed by atoms with E-state index < -0.39 is 11.4 Å². The van der Waals surface area contributed by atoms with Gasteiger partial charge in [0.15, 0.2) is 0 Å². The monoisotopic (exact) mass is 279 g/mol. The average Bonchev–Trinajstić information content (AvgIpc) is 2.43. The summed E-state index contributed by atoms with van der Waals surface area (Å²) in [5.74, 6) is -1.15. The lowest BCUT2D eigenvalue weighted by atomic mass is 9.79. The van der Waals surface area contributed by atoms with E-state index in [9.17, 15) is 19.8 Å². The van der Waals surface area contributed by atoms with Crippen molar-refractivity contribution in [1.29, 1.82) is 0 Å². The van der Waals surface area contributed by atoms with Gasteiger partial charge in [0.2, 0.25) is 5.91 Å². The largest absolute Gasteiger partial charge is 0.508 e. The normalized spacial score (nSPS) is 11.1. The Balaban J connectivity index is 2.64. The maximum absolute atomic E-state index is 11.9. The molecular formula is C15H21NO4. The fraction of sp³-hybridized carbons (Fsp3) is 0.467. The van der Waals surface area contributed by atoms with E-state index in [1.165, 1.54) is 0 Å². The zero-order valence-electron chi connectivity index (χ0n) is 11.8. The van der Waals surface area contributed by atoms with Crippen molar-refractivity contribution in [2.45, 2.75) is 39.7 Å². The van der Waals surface area contributed by atoms with Gasteiger partial charge >= 0.3 is 5.97 Å². The number of carboxylic acid groups (broad SMARTS) is 1. The molecule has 0 aliphatic heterocycles. The molecule has 0 atom stereocenters. The highest BCUT2D eigenvalue weighted by Gasteiger charge is 2.36. The number of carbonyl (C=O) groups excluding carboxylic acids is 1. The number of para-hydroxylation sites is 1. The smallest absolute Gasteiger partial charge is 0.310 e. The molecule has 1 aromatic rings. The molecule has 0 aromatic heterocycles. The molecule has 1 amide bonds. The van der Waals surface area contributed by atoms with E-state index >= 15 is 0 Å². The highest BCUT2D eigenvalue weighted by Crippen LogP contribution is 2.30. The fourth-order valence-electron chi connectivity index (χ4n) is 2.10. The quantitative estimate of drug-likeness (QED) is 0.714. The number of phenols is 1. The zero-order chi connectivity index (χ0) is 15.2. The summed E-state index contributed by atoms with van der Waals surface area (Å²) in [6.07, 6.45) is 0.759. The third kappa shape index (κ3) is 3.73. The van der Waals surface area contributed by atoms with Crippen molar-refractivity contribution < 1.29 is 19.8 Å². The van der Waals surface area contributed by atoms with Crippen molar-refractivity contribution in [1.82, 2.24) is 5.32 Å². The van der Waals surface area contributed by atoms with Gasteiger partial charge in [0.1, 0.15) is 5.75 Å². The first-order valence-corrected chi connectivity index (χ1v) is 6.72. The number of benzene rings is 1. The lowest BCUT2D eigenvalue weighted by Gasteiger charge is -2.25. The van der Waals surface area contributed by atoms with E-state index in [0.29, 0.717) is 18.4 Å². The minimum absolute atomic E-state index is 0.0526. The van der Waals surface area contributed by atoms with Crippen LogP contribution in [0.5, 0.6) is 5.75 Å². The fourth-order valence-corrected chi connectivity index (χ4v) is 2.10. The molecule has 1 rings (SSSR count). The number of carboxylic acids is 1. The Morgan fingerprint density at radius 2 is 1.80 bits per heavy atom. The third-order valence-corrected chi connectivity index (χ3v) is 3.77. The second kappa shape index (κ2) is 6.93. The first-order chi connectivity index (χ1) is 9.45. The lowest BCUT2D eigenvalue weighted by molar-refractivity contribution is -0.152. The maximum Gasteiger partial charge on any atom is 0.310 e. The molecule has 0 fully saturated rings. The van der Waals surface area contributed by atoms with Gasteiger partial charge in [-0.15, -0.1) is 0 Å². The Hall–Kier alpha value is -2.04. The molecule has 5 nitrogen and oxygen atoms in total. The predicted octanol–water partition coefficient (Wildman–Crippen LogP) is 2.29. The van der Waals surface area contributed by atoms with Crippen LogP contribution in [0.2, 0.25) is 0 Å². The van der Waals surface area contributed by atoms with Crippen LogP contribution in [-0.2, 0) is 16.1 Å². The summed E-state index contributed by atoms with van der Waals surface area (Å²) < 4.78 is 0. The van der Waals surface area contributed by atoms with Crippen molar-refractivity contribution >= 4 is 11.9 Å². The van der Waals surface area contributed by atoms with E-state index in [-0.39, 0.29) is 24.6 Å². The summed E-state index contributed by atoms with van der Waals surface area (Å²) in [4.78, 5) is 23.2. The number of aromatic hydroxyl groups is 1. The average molecular weight is 279 g/mol. The van der Waals surface area contributed by atoms with Crippen LogP contribution in [0.1, 0.15) is 38.7 Å². The number of hydrogen-bond donors (Lipinski definition) is 3. The summed E-state index contributed by atoms with van der Waals surface area (Å²) in [7, 11) is 0. The molecule has 20 heavy (non-hydrogen) atoms. The Morgan fingerprint density at radius 1 is 1.20 bits per heavy atom. The van der Waals surface area contributed by atoms with E-state index in [0.717, 1.165) is 0 Å². The van der Waals surface area contributed by atoms with Crippen molar-refractivity contribution in [3.8, 4) is 5.75 Å². The van der Waals surface area contributed by atoms with Gasteiger partial charge in [0.05, 0.1) is 5.41 Å². The predicted molar refractivity (Wildman–Crippen MR) is 75.2 cm³/mol. The molecular weight excluding hydrogens is 258 g/mol. The molecule has 0 saturated carbocycles. The number of carbonyl (C=O) groups is 2. The van der Waals surface area contributed by atoms with Crippen LogP contribution < -0.4 is 5.32 Å². The van der Waals surface area contributed by atoms with E-state index in [2.05, 4.69) is 5.32 Å². The molecule has 0 bridgehead atoms. The molecule has 0 heterocycles. The standard InChI is InChI=1S/C15H21NO4/c1-3-15(4-2,14(19)20)9-13(18)16-10-11-7-5-6-8-12(11)17/h5-8,17H,3-4,9-10H2,1-2H3,(H,16,18)(H,19,20). The van der Waals surface area contributed by atoms with Crippen LogP contribution in [0.15, 0.2) is 24.3 Å². The summed E-state index contributed by atoms with van der Waals surface area (Å²) >= 11 is 0. The molecule has 0 aliphatic carbocycles. The Morgan fingerprint density at radius 3 is 2.30 bits per heavy atom. The molecule has 0 saturated heterocycles. The molecule has 0 spiro atoms. The summed E-state index contributed by atoms with van der Waals surface area (Å²) in [6.45, 7) is 3.73. The van der Waals surface area contributed by atoms with Gasteiger partial charge in [-0.2, -0.15) is 0 Å². The molecule has 0 unspecified atom stereocenters. The Kier molecular flexibility index (Phi) is 5.55. The van der Waals surface area contributed by atoms with Gasteiger partial charge in [-0.25, -0.2) is 0 Å². The summed E-state index contributed by atoms with van der Waals surface area (Å²) in [6, 6.07) is 6.71. The van der Waals surface area contributed by atoms with Gasteiger partial charge in [0, 0.05) is 18.5 Å². The maximum atomic E-state index is 11.9. The number of aliphatic carboxylic acids is 1. The van der Waals surface area contributed by atoms with Crippen molar-refractivity contribution in [3.05, 3.63) is 29.8 Å². The Bertz CT molecular complexity index is 481. The molecule has 1 aromatic carbocycles. The highest BCUT2D eigenvalue weighted by molar-refractivity contribution is 5.84. The van der Waals surface area contributed by atoms with Crippen LogP contribution in [0.4, 0.5) is 0 Å². The van der Waals surface area contributed by atoms with Crippen LogP contribution in [-0.4, -0.2) is 22.1 Å². The first kappa shape index (κ1) is 16.0. The second-order valence-corrected chi connectivity index (χ2v) is 4.87. The number of hydrogen-bond acceptors (Lipinski definition) is 3. The number of amides is 1.